The first-order chi connectivity index (χ1) is 6.43. The molecule has 84 valence electrons. The maximum absolute atomic E-state index is 11.5. The van der Waals surface area contributed by atoms with Crippen molar-refractivity contribution in [3.05, 3.63) is 0 Å². The summed E-state index contributed by atoms with van der Waals surface area (Å²) in [7, 11) is -1.46. The second-order valence-electron chi connectivity index (χ2n) is 4.07. The molecule has 1 aliphatic rings. The molecule has 1 N–H and O–H groups in total. The van der Waals surface area contributed by atoms with Gasteiger partial charge in [0.15, 0.2) is 0 Å². The zero-order valence-corrected chi connectivity index (χ0v) is 9.86. The number of hydrogen-bond acceptors (Lipinski definition) is 3. The van der Waals surface area contributed by atoms with Gasteiger partial charge in [-0.2, -0.15) is 0 Å². The predicted octanol–water partition coefficient (Wildman–Crippen LogP) is 0.883. The third-order valence-corrected chi connectivity index (χ3v) is 4.75. The molecule has 4 nitrogen and oxygen atoms in total. The molecule has 0 radical (unpaired) electrons. The molecule has 0 saturated heterocycles. The van der Waals surface area contributed by atoms with Gasteiger partial charge in [-0.1, -0.05) is 6.92 Å². The molecule has 1 atom stereocenters. The number of hydrogen-bond donors (Lipinski definition) is 1. The summed E-state index contributed by atoms with van der Waals surface area (Å²) in [4.78, 5) is 0. The van der Waals surface area contributed by atoms with E-state index in [0.29, 0.717) is 6.54 Å². The summed E-state index contributed by atoms with van der Waals surface area (Å²) in [6.07, 6.45) is 2.38. The molecule has 0 bridgehead atoms. The molecule has 0 aromatic rings. The minimum absolute atomic E-state index is 0.152. The van der Waals surface area contributed by atoms with Crippen molar-refractivity contribution >= 4 is 10.0 Å². The van der Waals surface area contributed by atoms with Crippen LogP contribution < -0.4 is 4.72 Å². The van der Waals surface area contributed by atoms with E-state index in [2.05, 4.69) is 4.72 Å². The highest BCUT2D eigenvalue weighted by Crippen LogP contribution is 2.27. The van der Waals surface area contributed by atoms with E-state index in [1.54, 1.807) is 7.11 Å². The first-order valence-corrected chi connectivity index (χ1v) is 6.52. The van der Waals surface area contributed by atoms with E-state index in [4.69, 9.17) is 4.74 Å². The quantitative estimate of drug-likeness (QED) is 0.724. The van der Waals surface area contributed by atoms with Crippen LogP contribution in [0.2, 0.25) is 0 Å². The molecule has 1 fully saturated rings. The average molecular weight is 221 g/mol. The van der Waals surface area contributed by atoms with E-state index < -0.39 is 10.0 Å². The summed E-state index contributed by atoms with van der Waals surface area (Å²) in [5, 5.41) is -0.152. The van der Waals surface area contributed by atoms with E-state index in [-0.39, 0.29) is 10.9 Å². The smallest absolute Gasteiger partial charge is 0.214 e. The highest BCUT2D eigenvalue weighted by Gasteiger charge is 2.36. The number of ether oxygens (including phenoxy) is 1. The minimum atomic E-state index is -3.07. The molecule has 0 amide bonds. The van der Waals surface area contributed by atoms with Crippen LogP contribution in [0.5, 0.6) is 0 Å². The van der Waals surface area contributed by atoms with Gasteiger partial charge in [0, 0.05) is 13.7 Å². The Hall–Kier alpha value is -0.130. The van der Waals surface area contributed by atoms with Gasteiger partial charge >= 0.3 is 0 Å². The van der Waals surface area contributed by atoms with E-state index in [0.717, 1.165) is 19.3 Å². The summed E-state index contributed by atoms with van der Waals surface area (Å²) in [6.45, 7) is 4.25. The lowest BCUT2D eigenvalue weighted by Crippen LogP contribution is -2.42. The van der Waals surface area contributed by atoms with Crippen molar-refractivity contribution in [2.24, 2.45) is 0 Å². The Morgan fingerprint density at radius 3 is 2.43 bits per heavy atom. The Balaban J connectivity index is 2.46. The van der Waals surface area contributed by atoms with Gasteiger partial charge in [-0.15, -0.1) is 0 Å². The number of sulfonamides is 1. The van der Waals surface area contributed by atoms with Gasteiger partial charge in [-0.05, 0) is 26.2 Å². The third kappa shape index (κ3) is 2.93. The van der Waals surface area contributed by atoms with Crippen molar-refractivity contribution in [3.8, 4) is 0 Å². The Bertz CT molecular complexity index is 278. The van der Waals surface area contributed by atoms with E-state index >= 15 is 0 Å². The normalized spacial score (nSPS) is 21.9. The fourth-order valence-corrected chi connectivity index (χ4v) is 2.59. The topological polar surface area (TPSA) is 55.4 Å². The van der Waals surface area contributed by atoms with Crippen LogP contribution in [0.3, 0.4) is 0 Å². The van der Waals surface area contributed by atoms with Gasteiger partial charge in [-0.3, -0.25) is 0 Å². The number of rotatable bonds is 6. The summed E-state index contributed by atoms with van der Waals surface area (Å²) in [5.74, 6) is 0. The van der Waals surface area contributed by atoms with Crippen molar-refractivity contribution in [3.63, 3.8) is 0 Å². The summed E-state index contributed by atoms with van der Waals surface area (Å²) in [5.41, 5.74) is -0.387. The van der Waals surface area contributed by atoms with Crippen LogP contribution in [0.15, 0.2) is 0 Å². The standard InChI is InChI=1S/C9H19NO3S/c1-4-9(2,13-3)7-10-14(11,12)8-5-6-8/h8,10H,4-7H2,1-3H3. The second-order valence-corrected chi connectivity index (χ2v) is 6.12. The highest BCUT2D eigenvalue weighted by atomic mass is 32.2. The molecular formula is C9H19NO3S. The van der Waals surface area contributed by atoms with Gasteiger partial charge in [-0.25, -0.2) is 13.1 Å². The van der Waals surface area contributed by atoms with Crippen molar-refractivity contribution in [1.82, 2.24) is 4.72 Å². The van der Waals surface area contributed by atoms with Crippen LogP contribution in [-0.4, -0.2) is 32.9 Å². The Morgan fingerprint density at radius 2 is 2.07 bits per heavy atom. The van der Waals surface area contributed by atoms with Gasteiger partial charge in [0.1, 0.15) is 0 Å². The van der Waals surface area contributed by atoms with Crippen LogP contribution in [0.25, 0.3) is 0 Å². The first kappa shape index (κ1) is 11.9. The molecule has 5 heteroatoms. The molecule has 0 heterocycles. The zero-order chi connectivity index (χ0) is 10.8. The lowest BCUT2D eigenvalue weighted by Gasteiger charge is -2.26. The Labute approximate surface area is 86.1 Å². The van der Waals surface area contributed by atoms with Gasteiger partial charge in [0.05, 0.1) is 10.9 Å². The van der Waals surface area contributed by atoms with Crippen LogP contribution in [0, 0.1) is 0 Å². The largest absolute Gasteiger partial charge is 0.377 e. The lowest BCUT2D eigenvalue weighted by molar-refractivity contribution is 0.00785. The van der Waals surface area contributed by atoms with Crippen LogP contribution >= 0.6 is 0 Å². The summed E-state index contributed by atoms with van der Waals surface area (Å²) < 4.78 is 30.9. The van der Waals surface area contributed by atoms with Crippen molar-refractivity contribution < 1.29 is 13.2 Å². The summed E-state index contributed by atoms with van der Waals surface area (Å²) in [6, 6.07) is 0. The number of methoxy groups -OCH3 is 1. The van der Waals surface area contributed by atoms with Crippen LogP contribution in [0.4, 0.5) is 0 Å². The monoisotopic (exact) mass is 221 g/mol. The maximum Gasteiger partial charge on any atom is 0.214 e. The molecule has 0 aliphatic heterocycles. The van der Waals surface area contributed by atoms with Crippen LogP contribution in [0.1, 0.15) is 33.1 Å². The zero-order valence-electron chi connectivity index (χ0n) is 9.04. The van der Waals surface area contributed by atoms with E-state index in [1.807, 2.05) is 13.8 Å². The summed E-state index contributed by atoms with van der Waals surface area (Å²) >= 11 is 0. The van der Waals surface area contributed by atoms with E-state index in [1.165, 1.54) is 0 Å². The fraction of sp³-hybridized carbons (Fsp3) is 1.00. The predicted molar refractivity (Wildman–Crippen MR) is 55.6 cm³/mol. The Morgan fingerprint density at radius 1 is 1.50 bits per heavy atom. The Kier molecular flexibility index (Phi) is 3.55. The minimum Gasteiger partial charge on any atom is -0.377 e. The molecule has 0 aromatic heterocycles. The molecule has 14 heavy (non-hydrogen) atoms. The van der Waals surface area contributed by atoms with Crippen molar-refractivity contribution in [2.45, 2.75) is 44.0 Å². The highest BCUT2D eigenvalue weighted by molar-refractivity contribution is 7.90. The van der Waals surface area contributed by atoms with Crippen molar-refractivity contribution in [2.75, 3.05) is 13.7 Å². The molecule has 1 rings (SSSR count). The fourth-order valence-electron chi connectivity index (χ4n) is 1.09. The number of nitrogens with one attached hydrogen (secondary N) is 1. The average Bonchev–Trinajstić information content (AvgIpc) is 2.98. The van der Waals surface area contributed by atoms with Gasteiger partial charge in [0.25, 0.3) is 0 Å². The van der Waals surface area contributed by atoms with Gasteiger partial charge < -0.3 is 4.74 Å². The molecule has 0 aromatic carbocycles. The molecule has 0 spiro atoms. The molecule has 1 unspecified atom stereocenters. The van der Waals surface area contributed by atoms with Crippen LogP contribution in [-0.2, 0) is 14.8 Å². The van der Waals surface area contributed by atoms with Crippen molar-refractivity contribution in [1.29, 1.82) is 0 Å². The first-order valence-electron chi connectivity index (χ1n) is 4.97. The SMILES string of the molecule is CCC(C)(CNS(=O)(=O)C1CC1)OC. The second kappa shape index (κ2) is 4.16. The molecule has 1 aliphatic carbocycles. The lowest BCUT2D eigenvalue weighted by atomic mass is 10.0. The molecular weight excluding hydrogens is 202 g/mol. The molecule has 1 saturated carbocycles. The van der Waals surface area contributed by atoms with E-state index in [9.17, 15) is 8.42 Å². The maximum atomic E-state index is 11.5. The van der Waals surface area contributed by atoms with Gasteiger partial charge in [0.2, 0.25) is 10.0 Å². The third-order valence-electron chi connectivity index (χ3n) is 2.85.